The molecule has 2 amide bonds. The van der Waals surface area contributed by atoms with Gasteiger partial charge in [-0.1, -0.05) is 81.4 Å². The van der Waals surface area contributed by atoms with E-state index >= 15 is 0 Å². The van der Waals surface area contributed by atoms with Crippen molar-refractivity contribution < 1.29 is 33.0 Å². The predicted molar refractivity (Wildman–Crippen MR) is 181 cm³/mol. The minimum Gasteiger partial charge on any atom is -0.469 e. The molecule has 0 aliphatic carbocycles. The Morgan fingerprint density at radius 3 is 2.66 bits per heavy atom. The molecule has 1 spiro atoms. The van der Waals surface area contributed by atoms with E-state index in [0.717, 1.165) is 27.9 Å². The maximum Gasteiger partial charge on any atom is 0.408 e. The van der Waals surface area contributed by atoms with Gasteiger partial charge in [0.2, 0.25) is 17.7 Å². The van der Waals surface area contributed by atoms with Gasteiger partial charge in [0.15, 0.2) is 17.7 Å². The highest BCUT2D eigenvalue weighted by Gasteiger charge is 2.61. The lowest BCUT2D eigenvalue weighted by atomic mass is 9.72. The van der Waals surface area contributed by atoms with Crippen LogP contribution in [0, 0.1) is 5.92 Å². The molecule has 2 aromatic heterocycles. The molecule has 50 heavy (non-hydrogen) atoms. The van der Waals surface area contributed by atoms with Gasteiger partial charge in [0, 0.05) is 17.7 Å². The summed E-state index contributed by atoms with van der Waals surface area (Å²) in [6.07, 6.45) is -0.0908. The number of nitrogens with one attached hydrogen (secondary N) is 3. The summed E-state index contributed by atoms with van der Waals surface area (Å²) in [5.74, 6) is 0.873. The quantitative estimate of drug-likeness (QED) is 0.163. The van der Waals surface area contributed by atoms with Crippen molar-refractivity contribution in [3.05, 3.63) is 119 Å². The van der Waals surface area contributed by atoms with Crippen molar-refractivity contribution >= 4 is 17.7 Å². The number of anilines is 1. The minimum absolute atomic E-state index is 0.0574. The van der Waals surface area contributed by atoms with Crippen LogP contribution in [0.15, 0.2) is 87.9 Å². The number of amides is 2. The summed E-state index contributed by atoms with van der Waals surface area (Å²) in [5, 5.41) is 20.0. The summed E-state index contributed by atoms with van der Waals surface area (Å²) in [6.45, 7) is 5.81. The zero-order chi connectivity index (χ0) is 34.6. The van der Waals surface area contributed by atoms with Gasteiger partial charge in [-0.05, 0) is 41.2 Å². The van der Waals surface area contributed by atoms with Gasteiger partial charge >= 0.3 is 6.09 Å². The lowest BCUT2D eigenvalue weighted by Crippen LogP contribution is -2.49. The summed E-state index contributed by atoms with van der Waals surface area (Å²) >= 11 is 0. The molecular formula is C38H37N5O7. The van der Waals surface area contributed by atoms with Gasteiger partial charge < -0.3 is 39.4 Å². The molecule has 0 radical (unpaired) electrons. The molecule has 0 saturated heterocycles. The monoisotopic (exact) mass is 675 g/mol. The maximum atomic E-state index is 14.1. The second kappa shape index (κ2) is 12.4. The number of fused-ring (bicyclic) bond motifs is 4. The number of aliphatic hydroxyl groups is 1. The van der Waals surface area contributed by atoms with E-state index in [1.54, 1.807) is 0 Å². The number of aromatic nitrogens is 2. The smallest absolute Gasteiger partial charge is 0.408 e. The highest BCUT2D eigenvalue weighted by Crippen LogP contribution is 2.59. The largest absolute Gasteiger partial charge is 0.469 e. The summed E-state index contributed by atoms with van der Waals surface area (Å²) in [7, 11) is 0. The molecule has 12 heteroatoms. The first-order chi connectivity index (χ1) is 24.3. The zero-order valence-corrected chi connectivity index (χ0v) is 27.8. The maximum absolute atomic E-state index is 14.1. The topological polar surface area (TPSA) is 161 Å². The van der Waals surface area contributed by atoms with Gasteiger partial charge in [-0.3, -0.25) is 4.79 Å². The molecule has 3 aliphatic heterocycles. The van der Waals surface area contributed by atoms with Crippen LogP contribution in [0.3, 0.4) is 0 Å². The highest BCUT2D eigenvalue weighted by atomic mass is 16.5. The Labute approximate surface area is 288 Å². The van der Waals surface area contributed by atoms with Gasteiger partial charge in [0.05, 0.1) is 6.10 Å². The Bertz CT molecular complexity index is 2070. The molecule has 5 aromatic rings. The zero-order valence-electron chi connectivity index (χ0n) is 27.8. The van der Waals surface area contributed by atoms with Crippen molar-refractivity contribution in [2.45, 2.75) is 70.1 Å². The molecule has 2 unspecified atom stereocenters. The minimum atomic E-state index is -1.04. The standard InChI is InChI=1S/C38H37N5O7/c1-4-28(44)27-19-47-34(39-27)31-32-38-23-12-8-9-13-25(23)40-36(38)49-29-15-14-22(16-24(29)38)17-26(33(45)42-30(20(2)3)35(43-31)50-32)41-37(46)48-18-21-10-6-5-7-11-21/h5-16,19-20,26,28,30,36,40,44H,4,17-18H2,1-3H3,(H,41,46)(H,42,45)/t26-,28?,30-,36?,38-/m0/s1. The van der Waals surface area contributed by atoms with Crippen molar-refractivity contribution in [3.8, 4) is 17.3 Å². The second-order valence-corrected chi connectivity index (χ2v) is 13.3. The van der Waals surface area contributed by atoms with Crippen LogP contribution in [0.1, 0.15) is 78.9 Å². The Morgan fingerprint density at radius 2 is 1.86 bits per heavy atom. The average Bonchev–Trinajstić information content (AvgIpc) is 3.90. The normalized spacial score (nSPS) is 22.3. The molecule has 4 bridgehead atoms. The Morgan fingerprint density at radius 1 is 1.06 bits per heavy atom. The number of ether oxygens (including phenoxy) is 2. The number of oxazole rings is 2. The van der Waals surface area contributed by atoms with Crippen LogP contribution in [-0.4, -0.2) is 39.3 Å². The first-order valence-corrected chi connectivity index (χ1v) is 16.8. The van der Waals surface area contributed by atoms with E-state index in [1.807, 2.05) is 93.6 Å². The summed E-state index contributed by atoms with van der Waals surface area (Å²) in [5.41, 5.74) is 3.86. The van der Waals surface area contributed by atoms with Crippen LogP contribution in [0.25, 0.3) is 11.6 Å². The van der Waals surface area contributed by atoms with Crippen LogP contribution in [0.5, 0.6) is 5.75 Å². The number of benzene rings is 3. The van der Waals surface area contributed by atoms with Crippen molar-refractivity contribution in [3.63, 3.8) is 0 Å². The van der Waals surface area contributed by atoms with E-state index in [4.69, 9.17) is 23.3 Å². The van der Waals surface area contributed by atoms with Gasteiger partial charge in [-0.15, -0.1) is 0 Å². The Balaban J connectivity index is 1.28. The van der Waals surface area contributed by atoms with Gasteiger partial charge in [0.25, 0.3) is 0 Å². The molecule has 8 rings (SSSR count). The lowest BCUT2D eigenvalue weighted by molar-refractivity contribution is -0.124. The molecule has 12 nitrogen and oxygen atoms in total. The molecule has 3 aliphatic rings. The fourth-order valence-corrected chi connectivity index (χ4v) is 7.11. The molecule has 4 N–H and O–H groups in total. The Kier molecular flexibility index (Phi) is 7.82. The number of rotatable bonds is 7. The molecule has 0 fully saturated rings. The number of hydrogen-bond donors (Lipinski definition) is 4. The third-order valence-electron chi connectivity index (χ3n) is 9.69. The van der Waals surface area contributed by atoms with Crippen LogP contribution >= 0.6 is 0 Å². The summed E-state index contributed by atoms with van der Waals surface area (Å²) in [6, 6.07) is 21.3. The number of hydrogen-bond acceptors (Lipinski definition) is 10. The van der Waals surface area contributed by atoms with Crippen molar-refractivity contribution in [2.75, 3.05) is 5.32 Å². The fourth-order valence-electron chi connectivity index (χ4n) is 7.11. The van der Waals surface area contributed by atoms with E-state index in [9.17, 15) is 14.7 Å². The number of carbonyl (C=O) groups excluding carboxylic acids is 2. The molecule has 0 saturated carbocycles. The number of aliphatic hydroxyl groups excluding tert-OH is 1. The fraction of sp³-hybridized carbons (Fsp3) is 0.316. The second-order valence-electron chi connectivity index (χ2n) is 13.3. The molecule has 5 heterocycles. The van der Waals surface area contributed by atoms with Crippen LogP contribution in [-0.2, 0) is 28.0 Å². The van der Waals surface area contributed by atoms with E-state index in [1.165, 1.54) is 6.26 Å². The molecular weight excluding hydrogens is 638 g/mol. The summed E-state index contributed by atoms with van der Waals surface area (Å²) in [4.78, 5) is 36.8. The number of nitrogens with zero attached hydrogens (tertiary/aromatic N) is 2. The molecule has 3 aromatic carbocycles. The van der Waals surface area contributed by atoms with E-state index in [2.05, 4.69) is 20.9 Å². The van der Waals surface area contributed by atoms with E-state index < -0.39 is 41.8 Å². The van der Waals surface area contributed by atoms with Crippen molar-refractivity contribution in [1.82, 2.24) is 20.6 Å². The van der Waals surface area contributed by atoms with Crippen molar-refractivity contribution in [2.24, 2.45) is 5.92 Å². The lowest BCUT2D eigenvalue weighted by Gasteiger charge is -2.28. The van der Waals surface area contributed by atoms with E-state index in [-0.39, 0.29) is 30.7 Å². The molecule has 5 atom stereocenters. The van der Waals surface area contributed by atoms with Gasteiger partial charge in [-0.25, -0.2) is 14.8 Å². The van der Waals surface area contributed by atoms with Crippen LogP contribution in [0.4, 0.5) is 10.5 Å². The molecule has 256 valence electrons. The number of alkyl carbamates (subject to hydrolysis) is 1. The first-order valence-electron chi connectivity index (χ1n) is 16.8. The summed E-state index contributed by atoms with van der Waals surface area (Å²) < 4.78 is 24.9. The first kappa shape index (κ1) is 31.6. The average molecular weight is 676 g/mol. The van der Waals surface area contributed by atoms with Crippen LogP contribution in [0.2, 0.25) is 0 Å². The van der Waals surface area contributed by atoms with Gasteiger partial charge in [-0.2, -0.15) is 0 Å². The van der Waals surface area contributed by atoms with Crippen LogP contribution < -0.4 is 20.7 Å². The number of carbonyl (C=O) groups is 2. The highest BCUT2D eigenvalue weighted by molar-refractivity contribution is 5.86. The third kappa shape index (κ3) is 5.18. The predicted octanol–water partition coefficient (Wildman–Crippen LogP) is 5.92. The number of para-hydroxylation sites is 1. The Hall–Kier alpha value is -5.62. The third-order valence-corrected chi connectivity index (χ3v) is 9.69. The van der Waals surface area contributed by atoms with Gasteiger partial charge in [0.1, 0.15) is 41.8 Å². The van der Waals surface area contributed by atoms with E-state index in [0.29, 0.717) is 29.3 Å². The SMILES string of the molecule is CCC(O)c1coc(-c2nc3oc2[C@@]24c5ccccc5NC2Oc2ccc(cc24)C[C@H](NC(=O)OCc2ccccc2)C(=O)N[C@H]3C(C)C)n1. The van der Waals surface area contributed by atoms with Crippen molar-refractivity contribution in [1.29, 1.82) is 0 Å².